The van der Waals surface area contributed by atoms with Gasteiger partial charge in [0.15, 0.2) is 0 Å². The van der Waals surface area contributed by atoms with E-state index in [1.165, 1.54) is 6.20 Å². The zero-order valence-corrected chi connectivity index (χ0v) is 10.7. The Morgan fingerprint density at radius 2 is 2.18 bits per heavy atom. The number of carbonyl (C=O) groups is 1. The van der Waals surface area contributed by atoms with Crippen molar-refractivity contribution in [3.8, 4) is 0 Å². The fourth-order valence-electron chi connectivity index (χ4n) is 2.12. The number of piperidine rings is 1. The number of nitrogens with zero attached hydrogens (tertiary/aromatic N) is 3. The summed E-state index contributed by atoms with van der Waals surface area (Å²) in [5.74, 6) is 0.432. The summed E-state index contributed by atoms with van der Waals surface area (Å²) in [5.41, 5.74) is 0.668. The van der Waals surface area contributed by atoms with Crippen LogP contribution in [0.2, 0.25) is 5.15 Å². The molecule has 1 aromatic rings. The van der Waals surface area contributed by atoms with E-state index in [2.05, 4.69) is 21.9 Å². The lowest BCUT2D eigenvalue weighted by molar-refractivity contribution is -0.123. The monoisotopic (exact) mass is 253 g/mol. The van der Waals surface area contributed by atoms with E-state index < -0.39 is 0 Å². The maximum atomic E-state index is 12.1. The van der Waals surface area contributed by atoms with E-state index in [4.69, 9.17) is 11.6 Å². The number of likely N-dealkylation sites (tertiary alicyclic amines) is 1. The number of halogens is 1. The van der Waals surface area contributed by atoms with Crippen LogP contribution in [0.25, 0.3) is 0 Å². The highest BCUT2D eigenvalue weighted by molar-refractivity contribution is 6.29. The zero-order valence-electron chi connectivity index (χ0n) is 9.90. The van der Waals surface area contributed by atoms with Crippen LogP contribution < -0.4 is 0 Å². The summed E-state index contributed by atoms with van der Waals surface area (Å²) in [6.07, 6.45) is 5.33. The molecule has 0 bridgehead atoms. The lowest BCUT2D eigenvalue weighted by atomic mass is 9.90. The highest BCUT2D eigenvalue weighted by atomic mass is 35.5. The standard InChI is InChI=1S/C12H16ClN3O/c1-16-4-2-9(3-5-16)11(17)6-10-7-14-8-12(13)15-10/h7-9H,2-6H2,1H3. The first-order valence-electron chi connectivity index (χ1n) is 5.83. The smallest absolute Gasteiger partial charge is 0.147 e. The van der Waals surface area contributed by atoms with E-state index in [9.17, 15) is 4.79 Å². The number of ketones is 1. The van der Waals surface area contributed by atoms with Crippen LogP contribution in [0.3, 0.4) is 0 Å². The van der Waals surface area contributed by atoms with E-state index in [0.29, 0.717) is 17.3 Å². The first kappa shape index (κ1) is 12.5. The van der Waals surface area contributed by atoms with E-state index in [1.807, 2.05) is 0 Å². The fourth-order valence-corrected chi connectivity index (χ4v) is 2.28. The first-order chi connectivity index (χ1) is 8.15. The van der Waals surface area contributed by atoms with Crippen LogP contribution >= 0.6 is 11.6 Å². The number of aromatic nitrogens is 2. The van der Waals surface area contributed by atoms with Gasteiger partial charge in [-0.2, -0.15) is 0 Å². The molecule has 1 fully saturated rings. The second-order valence-electron chi connectivity index (χ2n) is 4.55. The van der Waals surface area contributed by atoms with E-state index in [0.717, 1.165) is 25.9 Å². The molecule has 2 rings (SSSR count). The fraction of sp³-hybridized carbons (Fsp3) is 0.583. The number of Topliss-reactive ketones (excluding diaryl/α,β-unsaturated/α-hetero) is 1. The molecule has 1 aliphatic rings. The molecule has 0 spiro atoms. The van der Waals surface area contributed by atoms with Crippen LogP contribution in [0.1, 0.15) is 18.5 Å². The van der Waals surface area contributed by atoms with Crippen molar-refractivity contribution in [1.29, 1.82) is 0 Å². The Labute approximate surface area is 106 Å². The molecule has 0 aromatic carbocycles. The summed E-state index contributed by atoms with van der Waals surface area (Å²) in [6.45, 7) is 2.00. The Hall–Kier alpha value is -1.00. The molecule has 0 atom stereocenters. The number of carbonyl (C=O) groups excluding carboxylic acids is 1. The predicted molar refractivity (Wildman–Crippen MR) is 66.0 cm³/mol. The summed E-state index contributed by atoms with van der Waals surface area (Å²) in [6, 6.07) is 0. The minimum atomic E-state index is 0.173. The largest absolute Gasteiger partial charge is 0.306 e. The van der Waals surface area contributed by atoms with E-state index in [1.54, 1.807) is 6.20 Å². The third-order valence-electron chi connectivity index (χ3n) is 3.18. The normalized spacial score (nSPS) is 18.2. The molecule has 0 saturated carbocycles. The van der Waals surface area contributed by atoms with Gasteiger partial charge in [-0.3, -0.25) is 9.78 Å². The predicted octanol–water partition coefficient (Wildman–Crippen LogP) is 1.58. The van der Waals surface area contributed by atoms with Crippen LogP contribution in [-0.4, -0.2) is 40.8 Å². The van der Waals surface area contributed by atoms with Crippen LogP contribution in [-0.2, 0) is 11.2 Å². The van der Waals surface area contributed by atoms with Gasteiger partial charge in [-0.1, -0.05) is 11.6 Å². The van der Waals surface area contributed by atoms with Crippen molar-refractivity contribution in [2.24, 2.45) is 5.92 Å². The molecule has 0 amide bonds. The van der Waals surface area contributed by atoms with Gasteiger partial charge in [-0.25, -0.2) is 4.98 Å². The molecule has 0 unspecified atom stereocenters. The minimum Gasteiger partial charge on any atom is -0.306 e. The molecular weight excluding hydrogens is 238 g/mol. The second kappa shape index (κ2) is 5.56. The first-order valence-corrected chi connectivity index (χ1v) is 6.20. The highest BCUT2D eigenvalue weighted by Crippen LogP contribution is 2.18. The third kappa shape index (κ3) is 3.48. The number of hydrogen-bond acceptors (Lipinski definition) is 4. The topological polar surface area (TPSA) is 46.1 Å². The minimum absolute atomic E-state index is 0.173. The van der Waals surface area contributed by atoms with Crippen LogP contribution in [0, 0.1) is 5.92 Å². The van der Waals surface area contributed by atoms with Gasteiger partial charge in [0.05, 0.1) is 18.3 Å². The number of hydrogen-bond donors (Lipinski definition) is 0. The Kier molecular flexibility index (Phi) is 4.07. The molecule has 0 N–H and O–H groups in total. The van der Waals surface area contributed by atoms with Gasteiger partial charge in [-0.15, -0.1) is 0 Å². The van der Waals surface area contributed by atoms with Crippen molar-refractivity contribution in [2.45, 2.75) is 19.3 Å². The van der Waals surface area contributed by atoms with Crippen molar-refractivity contribution in [2.75, 3.05) is 20.1 Å². The molecule has 92 valence electrons. The van der Waals surface area contributed by atoms with Crippen molar-refractivity contribution in [1.82, 2.24) is 14.9 Å². The summed E-state index contributed by atoms with van der Waals surface area (Å²) in [7, 11) is 2.09. The Balaban J connectivity index is 1.93. The molecular formula is C12H16ClN3O. The molecule has 0 aliphatic carbocycles. The Morgan fingerprint density at radius 3 is 2.82 bits per heavy atom. The maximum Gasteiger partial charge on any atom is 0.147 e. The van der Waals surface area contributed by atoms with Gasteiger partial charge in [0.1, 0.15) is 10.9 Å². The summed E-state index contributed by atoms with van der Waals surface area (Å²) < 4.78 is 0. The van der Waals surface area contributed by atoms with Gasteiger partial charge >= 0.3 is 0 Å². The number of rotatable bonds is 3. The van der Waals surface area contributed by atoms with Crippen molar-refractivity contribution in [3.63, 3.8) is 0 Å². The molecule has 1 saturated heterocycles. The van der Waals surface area contributed by atoms with E-state index in [-0.39, 0.29) is 11.7 Å². The van der Waals surface area contributed by atoms with E-state index >= 15 is 0 Å². The molecule has 1 aliphatic heterocycles. The summed E-state index contributed by atoms with van der Waals surface area (Å²) in [5, 5.41) is 0.346. The van der Waals surface area contributed by atoms with Crippen molar-refractivity contribution >= 4 is 17.4 Å². The van der Waals surface area contributed by atoms with Crippen molar-refractivity contribution in [3.05, 3.63) is 23.2 Å². The second-order valence-corrected chi connectivity index (χ2v) is 4.94. The summed E-state index contributed by atoms with van der Waals surface area (Å²) in [4.78, 5) is 22.3. The van der Waals surface area contributed by atoms with Gasteiger partial charge < -0.3 is 4.90 Å². The molecule has 4 nitrogen and oxygen atoms in total. The van der Waals surface area contributed by atoms with Gasteiger partial charge in [0, 0.05) is 12.1 Å². The Bertz CT molecular complexity index is 402. The van der Waals surface area contributed by atoms with Gasteiger partial charge in [-0.05, 0) is 33.0 Å². The average Bonchev–Trinajstić information content (AvgIpc) is 2.29. The van der Waals surface area contributed by atoms with Crippen LogP contribution in [0.5, 0.6) is 0 Å². The van der Waals surface area contributed by atoms with Crippen molar-refractivity contribution < 1.29 is 4.79 Å². The highest BCUT2D eigenvalue weighted by Gasteiger charge is 2.23. The quantitative estimate of drug-likeness (QED) is 0.821. The van der Waals surface area contributed by atoms with Crippen LogP contribution in [0.4, 0.5) is 0 Å². The zero-order chi connectivity index (χ0) is 12.3. The molecule has 2 heterocycles. The molecule has 1 aromatic heterocycles. The van der Waals surface area contributed by atoms with Gasteiger partial charge in [0.25, 0.3) is 0 Å². The summed E-state index contributed by atoms with van der Waals surface area (Å²) >= 11 is 5.74. The maximum absolute atomic E-state index is 12.1. The molecule has 0 radical (unpaired) electrons. The Morgan fingerprint density at radius 1 is 1.47 bits per heavy atom. The lowest BCUT2D eigenvalue weighted by Crippen LogP contribution is -2.34. The molecule has 17 heavy (non-hydrogen) atoms. The molecule has 5 heteroatoms. The van der Waals surface area contributed by atoms with Gasteiger partial charge in [0.2, 0.25) is 0 Å². The van der Waals surface area contributed by atoms with Crippen LogP contribution in [0.15, 0.2) is 12.4 Å². The lowest BCUT2D eigenvalue weighted by Gasteiger charge is -2.27. The third-order valence-corrected chi connectivity index (χ3v) is 3.37. The average molecular weight is 254 g/mol. The SMILES string of the molecule is CN1CCC(C(=O)Cc2cncc(Cl)n2)CC1.